The first-order chi connectivity index (χ1) is 10.0. The number of amides is 1. The maximum atomic E-state index is 13.2. The summed E-state index contributed by atoms with van der Waals surface area (Å²) in [6.07, 6.45) is 0. The average Bonchev–Trinajstić information content (AvgIpc) is 2.86. The van der Waals surface area contributed by atoms with Gasteiger partial charge in [-0.05, 0) is 19.1 Å². The van der Waals surface area contributed by atoms with Crippen molar-refractivity contribution in [3.05, 3.63) is 30.1 Å². The molecule has 0 unspecified atom stereocenters. The summed E-state index contributed by atoms with van der Waals surface area (Å²) in [7, 11) is 1.46. The van der Waals surface area contributed by atoms with Crippen LogP contribution in [-0.4, -0.2) is 34.8 Å². The van der Waals surface area contributed by atoms with Crippen LogP contribution in [0.4, 0.5) is 8.78 Å². The Hall–Kier alpha value is -2.51. The fraction of sp³-hybridized carbons (Fsp3) is 0.308. The quantitative estimate of drug-likeness (QED) is 0.677. The van der Waals surface area contributed by atoms with Gasteiger partial charge in [-0.25, -0.2) is 4.98 Å². The zero-order chi connectivity index (χ0) is 15.4. The van der Waals surface area contributed by atoms with Crippen LogP contribution in [0.25, 0.3) is 11.0 Å². The molecular formula is C13H14F2N4O2. The number of hydrogen-bond donors (Lipinski definition) is 1. The number of rotatable bonds is 5. The topological polar surface area (TPSA) is 68.5 Å². The summed E-state index contributed by atoms with van der Waals surface area (Å²) in [6, 6.07) is 6.55. The standard InChI is InChI=1S/C13H14F2N4O2/c1-8(18-21-7-11(20)16-2)12-17-9-5-3-4-6-10(9)19(12)13(14)15/h3-6,13H,7H2,1-2H3,(H,16,20). The zero-order valence-electron chi connectivity index (χ0n) is 11.5. The van der Waals surface area contributed by atoms with E-state index >= 15 is 0 Å². The lowest BCUT2D eigenvalue weighted by atomic mass is 10.3. The van der Waals surface area contributed by atoms with Crippen molar-refractivity contribution < 1.29 is 18.4 Å². The van der Waals surface area contributed by atoms with Crippen molar-refractivity contribution in [1.29, 1.82) is 0 Å². The Morgan fingerprint density at radius 2 is 2.19 bits per heavy atom. The van der Waals surface area contributed by atoms with Crippen molar-refractivity contribution in [2.24, 2.45) is 5.16 Å². The molecule has 0 aliphatic rings. The van der Waals surface area contributed by atoms with Gasteiger partial charge in [0.15, 0.2) is 12.4 Å². The minimum atomic E-state index is -2.75. The minimum absolute atomic E-state index is 0.00288. The lowest BCUT2D eigenvalue weighted by Gasteiger charge is -2.07. The van der Waals surface area contributed by atoms with Gasteiger partial charge < -0.3 is 10.2 Å². The van der Waals surface area contributed by atoms with E-state index in [1.165, 1.54) is 14.0 Å². The van der Waals surface area contributed by atoms with E-state index in [4.69, 9.17) is 4.84 Å². The Morgan fingerprint density at radius 1 is 1.48 bits per heavy atom. The molecular weight excluding hydrogens is 282 g/mol. The molecule has 112 valence electrons. The van der Waals surface area contributed by atoms with Gasteiger partial charge in [-0.2, -0.15) is 8.78 Å². The molecule has 1 aromatic carbocycles. The van der Waals surface area contributed by atoms with Gasteiger partial charge >= 0.3 is 6.55 Å². The molecule has 8 heteroatoms. The van der Waals surface area contributed by atoms with Crippen LogP contribution in [0.2, 0.25) is 0 Å². The Bertz CT molecular complexity index is 682. The molecule has 0 bridgehead atoms. The Balaban J connectivity index is 2.34. The third kappa shape index (κ3) is 3.15. The van der Waals surface area contributed by atoms with E-state index in [9.17, 15) is 13.6 Å². The van der Waals surface area contributed by atoms with E-state index in [0.717, 1.165) is 4.57 Å². The Kier molecular flexibility index (Phi) is 4.46. The van der Waals surface area contributed by atoms with Crippen molar-refractivity contribution in [3.8, 4) is 0 Å². The molecule has 0 aliphatic carbocycles. The number of likely N-dealkylation sites (N-methyl/N-ethyl adjacent to an activating group) is 1. The SMILES string of the molecule is CNC(=O)CON=C(C)c1nc2ccccc2n1C(F)F. The minimum Gasteiger partial charge on any atom is -0.385 e. The molecule has 1 amide bonds. The summed E-state index contributed by atoms with van der Waals surface area (Å²) in [6.45, 7) is -1.55. The number of carbonyl (C=O) groups excluding carboxylic acids is 1. The Morgan fingerprint density at radius 3 is 2.86 bits per heavy atom. The van der Waals surface area contributed by atoms with Gasteiger partial charge in [0.05, 0.1) is 11.0 Å². The number of aromatic nitrogens is 2. The van der Waals surface area contributed by atoms with E-state index in [0.29, 0.717) is 11.0 Å². The van der Waals surface area contributed by atoms with Crippen molar-refractivity contribution in [2.45, 2.75) is 13.5 Å². The molecule has 2 aromatic rings. The number of nitrogens with one attached hydrogen (secondary N) is 1. The summed E-state index contributed by atoms with van der Waals surface area (Å²) >= 11 is 0. The highest BCUT2D eigenvalue weighted by molar-refractivity contribution is 5.98. The number of alkyl halides is 2. The van der Waals surface area contributed by atoms with Crippen molar-refractivity contribution in [2.75, 3.05) is 13.7 Å². The highest BCUT2D eigenvalue weighted by Crippen LogP contribution is 2.23. The summed E-state index contributed by atoms with van der Waals surface area (Å²) in [5.41, 5.74) is 0.910. The van der Waals surface area contributed by atoms with Crippen LogP contribution < -0.4 is 5.32 Å². The first kappa shape index (κ1) is 14.9. The maximum absolute atomic E-state index is 13.2. The van der Waals surface area contributed by atoms with E-state index in [1.54, 1.807) is 24.3 Å². The first-order valence-electron chi connectivity index (χ1n) is 6.17. The van der Waals surface area contributed by atoms with Gasteiger partial charge in [-0.15, -0.1) is 0 Å². The fourth-order valence-corrected chi connectivity index (χ4v) is 1.80. The van der Waals surface area contributed by atoms with Gasteiger partial charge in [-0.1, -0.05) is 17.3 Å². The number of fused-ring (bicyclic) bond motifs is 1. The lowest BCUT2D eigenvalue weighted by Crippen LogP contribution is -2.22. The second kappa shape index (κ2) is 6.29. The van der Waals surface area contributed by atoms with Gasteiger partial charge in [0, 0.05) is 7.05 Å². The molecule has 1 heterocycles. The largest absolute Gasteiger partial charge is 0.385 e. The number of benzene rings is 1. The third-order valence-electron chi connectivity index (χ3n) is 2.79. The zero-order valence-corrected chi connectivity index (χ0v) is 11.5. The molecule has 0 atom stereocenters. The maximum Gasteiger partial charge on any atom is 0.320 e. The molecule has 0 saturated heterocycles. The van der Waals surface area contributed by atoms with E-state index in [1.807, 2.05) is 0 Å². The van der Waals surface area contributed by atoms with E-state index in [-0.39, 0.29) is 24.1 Å². The molecule has 0 saturated carbocycles. The molecule has 1 N–H and O–H groups in total. The molecule has 0 fully saturated rings. The van der Waals surface area contributed by atoms with Crippen LogP contribution in [0.15, 0.2) is 29.4 Å². The summed E-state index contributed by atoms with van der Waals surface area (Å²) in [5, 5.41) is 6.02. The number of para-hydroxylation sites is 2. The summed E-state index contributed by atoms with van der Waals surface area (Å²) < 4.78 is 27.2. The Labute approximate surface area is 119 Å². The van der Waals surface area contributed by atoms with Crippen molar-refractivity contribution >= 4 is 22.7 Å². The number of oxime groups is 1. The molecule has 0 aliphatic heterocycles. The number of nitrogens with zero attached hydrogens (tertiary/aromatic N) is 3. The highest BCUT2D eigenvalue weighted by Gasteiger charge is 2.19. The van der Waals surface area contributed by atoms with Gasteiger partial charge in [0.2, 0.25) is 0 Å². The van der Waals surface area contributed by atoms with Crippen LogP contribution in [0, 0.1) is 0 Å². The van der Waals surface area contributed by atoms with Crippen molar-refractivity contribution in [1.82, 2.24) is 14.9 Å². The fourth-order valence-electron chi connectivity index (χ4n) is 1.80. The van der Waals surface area contributed by atoms with Crippen LogP contribution in [0.5, 0.6) is 0 Å². The molecule has 21 heavy (non-hydrogen) atoms. The van der Waals surface area contributed by atoms with Crippen LogP contribution in [0.1, 0.15) is 19.3 Å². The smallest absolute Gasteiger partial charge is 0.320 e. The van der Waals surface area contributed by atoms with Crippen LogP contribution in [-0.2, 0) is 9.63 Å². The van der Waals surface area contributed by atoms with Gasteiger partial charge in [0.25, 0.3) is 5.91 Å². The van der Waals surface area contributed by atoms with Gasteiger partial charge in [0.1, 0.15) is 5.71 Å². The molecule has 0 spiro atoms. The second-order valence-electron chi connectivity index (χ2n) is 4.20. The second-order valence-corrected chi connectivity index (χ2v) is 4.20. The predicted molar refractivity (Wildman–Crippen MR) is 73.2 cm³/mol. The summed E-state index contributed by atoms with van der Waals surface area (Å²) in [4.78, 5) is 19.9. The van der Waals surface area contributed by atoms with E-state index in [2.05, 4.69) is 15.5 Å². The molecule has 6 nitrogen and oxygen atoms in total. The third-order valence-corrected chi connectivity index (χ3v) is 2.79. The first-order valence-corrected chi connectivity index (χ1v) is 6.17. The highest BCUT2D eigenvalue weighted by atomic mass is 19.3. The molecule has 1 aromatic heterocycles. The molecule has 2 rings (SSSR count). The van der Waals surface area contributed by atoms with E-state index < -0.39 is 6.55 Å². The number of imidazole rings is 1. The normalized spacial score (nSPS) is 12.0. The predicted octanol–water partition coefficient (Wildman–Crippen LogP) is 1.92. The number of hydrogen-bond acceptors (Lipinski definition) is 4. The van der Waals surface area contributed by atoms with Crippen molar-refractivity contribution in [3.63, 3.8) is 0 Å². The summed E-state index contributed by atoms with van der Waals surface area (Å²) in [5.74, 6) is -0.364. The number of halogens is 2. The monoisotopic (exact) mass is 296 g/mol. The number of carbonyl (C=O) groups is 1. The molecule has 0 radical (unpaired) electrons. The van der Waals surface area contributed by atoms with Gasteiger partial charge in [-0.3, -0.25) is 9.36 Å². The lowest BCUT2D eigenvalue weighted by molar-refractivity contribution is -0.125. The van der Waals surface area contributed by atoms with Crippen LogP contribution in [0.3, 0.4) is 0 Å². The average molecular weight is 296 g/mol. The van der Waals surface area contributed by atoms with Crippen LogP contribution >= 0.6 is 0 Å².